The van der Waals surface area contributed by atoms with Crippen LogP contribution >= 0.6 is 24.0 Å². The molecule has 0 spiro atoms. The van der Waals surface area contributed by atoms with Gasteiger partial charge in [-0.25, -0.2) is 12.7 Å². The molecule has 10 heteroatoms. The Labute approximate surface area is 200 Å². The summed E-state index contributed by atoms with van der Waals surface area (Å²) in [6.45, 7) is 4.28. The predicted molar refractivity (Wildman–Crippen MR) is 136 cm³/mol. The third-order valence-electron chi connectivity index (χ3n) is 5.29. The highest BCUT2D eigenvalue weighted by atomic mass is 32.2. The summed E-state index contributed by atoms with van der Waals surface area (Å²) < 4.78 is 25.4. The Balaban J connectivity index is 2.01. The maximum Gasteiger partial charge on any atom is 0.266 e. The highest BCUT2D eigenvalue weighted by Crippen LogP contribution is 2.32. The van der Waals surface area contributed by atoms with Crippen LogP contribution in [-0.4, -0.2) is 66.7 Å². The second-order valence-corrected chi connectivity index (χ2v) is 11.5. The lowest BCUT2D eigenvalue weighted by Crippen LogP contribution is -2.39. The monoisotopic (exact) mass is 497 g/mol. The van der Waals surface area contributed by atoms with Gasteiger partial charge in [-0.3, -0.25) is 14.5 Å². The summed E-state index contributed by atoms with van der Waals surface area (Å²) in [7, 11) is -0.521. The number of hydrogen-bond donors (Lipinski definition) is 0. The molecule has 1 aromatic carbocycles. The number of thioether (sulfide) groups is 1. The number of anilines is 1. The molecule has 0 atom stereocenters. The Morgan fingerprint density at radius 2 is 1.81 bits per heavy atom. The van der Waals surface area contributed by atoms with Crippen molar-refractivity contribution in [2.45, 2.75) is 39.5 Å². The van der Waals surface area contributed by atoms with Gasteiger partial charge in [0.05, 0.1) is 10.7 Å². The number of sulfonamides is 1. The topological polar surface area (TPSA) is 78.0 Å². The fraction of sp³-hybridized carbons (Fsp3) is 0.500. The van der Waals surface area contributed by atoms with Crippen molar-refractivity contribution < 1.29 is 18.0 Å². The summed E-state index contributed by atoms with van der Waals surface area (Å²) in [4.78, 5) is 28.0. The number of benzene rings is 1. The van der Waals surface area contributed by atoms with Crippen LogP contribution in [0.25, 0.3) is 6.08 Å². The Hall–Kier alpha value is -1.91. The van der Waals surface area contributed by atoms with Crippen molar-refractivity contribution in [3.63, 3.8) is 0 Å². The zero-order chi connectivity index (χ0) is 23.9. The van der Waals surface area contributed by atoms with E-state index in [-0.39, 0.29) is 18.2 Å². The van der Waals surface area contributed by atoms with Gasteiger partial charge in [-0.05, 0) is 30.2 Å². The van der Waals surface area contributed by atoms with Crippen molar-refractivity contribution in [2.75, 3.05) is 37.8 Å². The highest BCUT2D eigenvalue weighted by Gasteiger charge is 2.33. The summed E-state index contributed by atoms with van der Waals surface area (Å²) >= 11 is 6.43. The molecule has 0 aromatic heterocycles. The van der Waals surface area contributed by atoms with Crippen LogP contribution in [0.15, 0.2) is 29.2 Å². The minimum absolute atomic E-state index is 0.0935. The Morgan fingerprint density at radius 1 is 1.16 bits per heavy atom. The van der Waals surface area contributed by atoms with Gasteiger partial charge < -0.3 is 4.90 Å². The van der Waals surface area contributed by atoms with E-state index < -0.39 is 15.9 Å². The van der Waals surface area contributed by atoms with Crippen molar-refractivity contribution >= 4 is 61.9 Å². The summed E-state index contributed by atoms with van der Waals surface area (Å²) in [5.74, 6) is -1.27. The third-order valence-corrected chi connectivity index (χ3v) is 8.45. The number of hydrogen-bond acceptors (Lipinski definition) is 7. The first kappa shape index (κ1) is 26.3. The molecule has 0 bridgehead atoms. The van der Waals surface area contributed by atoms with Gasteiger partial charge in [0.15, 0.2) is 0 Å². The molecule has 1 aliphatic rings. The second-order valence-electron chi connectivity index (χ2n) is 7.71. The molecule has 1 aliphatic heterocycles. The van der Waals surface area contributed by atoms with Gasteiger partial charge in [0.2, 0.25) is 15.9 Å². The van der Waals surface area contributed by atoms with Gasteiger partial charge in [0.1, 0.15) is 4.32 Å². The number of thiocarbonyl (C=S) groups is 1. The number of nitrogens with zero attached hydrogens (tertiary/aromatic N) is 3. The van der Waals surface area contributed by atoms with Crippen molar-refractivity contribution in [1.82, 2.24) is 9.21 Å². The van der Waals surface area contributed by atoms with Gasteiger partial charge in [-0.2, -0.15) is 0 Å². The first-order valence-corrected chi connectivity index (χ1v) is 13.4. The first-order valence-electron chi connectivity index (χ1n) is 10.6. The zero-order valence-corrected chi connectivity index (χ0v) is 21.5. The van der Waals surface area contributed by atoms with Crippen LogP contribution in [0.5, 0.6) is 0 Å². The van der Waals surface area contributed by atoms with E-state index in [4.69, 9.17) is 12.2 Å². The van der Waals surface area contributed by atoms with Gasteiger partial charge in [0.25, 0.3) is 5.91 Å². The van der Waals surface area contributed by atoms with Crippen molar-refractivity contribution in [2.24, 2.45) is 0 Å². The molecule has 0 radical (unpaired) electrons. The number of unbranched alkanes of at least 4 members (excludes halogenated alkanes) is 3. The molecule has 176 valence electrons. The van der Waals surface area contributed by atoms with Gasteiger partial charge >= 0.3 is 0 Å². The van der Waals surface area contributed by atoms with Crippen LogP contribution in [-0.2, 0) is 19.6 Å². The molecule has 1 aromatic rings. The normalized spacial score (nSPS) is 15.5. The summed E-state index contributed by atoms with van der Waals surface area (Å²) in [6, 6.07) is 7.96. The molecule has 1 heterocycles. The molecule has 1 fully saturated rings. The van der Waals surface area contributed by atoms with E-state index in [0.717, 1.165) is 36.0 Å². The summed E-state index contributed by atoms with van der Waals surface area (Å²) in [6.07, 6.45) is 6.63. The van der Waals surface area contributed by atoms with E-state index in [0.29, 0.717) is 13.5 Å². The predicted octanol–water partition coefficient (Wildman–Crippen LogP) is 3.71. The molecule has 1 saturated heterocycles. The average Bonchev–Trinajstić information content (AvgIpc) is 3.01. The third kappa shape index (κ3) is 7.05. The molecule has 0 saturated carbocycles. The molecule has 0 aliphatic carbocycles. The number of amides is 2. The molecule has 2 rings (SSSR count). The van der Waals surface area contributed by atoms with Gasteiger partial charge in [-0.1, -0.05) is 62.3 Å². The average molecular weight is 498 g/mol. The fourth-order valence-corrected chi connectivity index (χ4v) is 5.50. The summed E-state index contributed by atoms with van der Waals surface area (Å²) in [5, 5.41) is 0. The largest absolute Gasteiger partial charge is 0.375 e. The molecule has 0 N–H and O–H groups in total. The molecule has 0 unspecified atom stereocenters. The fourth-order valence-electron chi connectivity index (χ4n) is 3.11. The Morgan fingerprint density at radius 3 is 2.41 bits per heavy atom. The zero-order valence-electron chi connectivity index (χ0n) is 19.0. The second kappa shape index (κ2) is 11.8. The smallest absolute Gasteiger partial charge is 0.266 e. The van der Waals surface area contributed by atoms with Crippen molar-refractivity contribution in [3.8, 4) is 0 Å². The highest BCUT2D eigenvalue weighted by molar-refractivity contribution is 8.26. The van der Waals surface area contributed by atoms with Crippen LogP contribution in [0.2, 0.25) is 0 Å². The molecular formula is C22H31N3O4S3. The van der Waals surface area contributed by atoms with Gasteiger partial charge in [-0.15, -0.1) is 0 Å². The lowest BCUT2D eigenvalue weighted by atomic mass is 10.1. The van der Waals surface area contributed by atoms with E-state index in [1.807, 2.05) is 24.3 Å². The Bertz CT molecular complexity index is 975. The van der Waals surface area contributed by atoms with Crippen LogP contribution in [0.3, 0.4) is 0 Å². The minimum Gasteiger partial charge on any atom is -0.375 e. The van der Waals surface area contributed by atoms with Crippen molar-refractivity contribution in [1.29, 1.82) is 0 Å². The number of carbonyl (C=O) groups is 2. The first-order chi connectivity index (χ1) is 15.1. The maximum atomic E-state index is 12.8. The Kier molecular flexibility index (Phi) is 9.72. The van der Waals surface area contributed by atoms with E-state index >= 15 is 0 Å². The number of carbonyl (C=O) groups excluding carboxylic acids is 2. The molecule has 2 amide bonds. The van der Waals surface area contributed by atoms with Crippen LogP contribution in [0.4, 0.5) is 5.69 Å². The minimum atomic E-state index is -3.80. The maximum absolute atomic E-state index is 12.8. The summed E-state index contributed by atoms with van der Waals surface area (Å²) in [5.41, 5.74) is 1.99. The van der Waals surface area contributed by atoms with E-state index in [1.165, 1.54) is 38.1 Å². The lowest BCUT2D eigenvalue weighted by molar-refractivity contribution is -0.123. The van der Waals surface area contributed by atoms with E-state index in [9.17, 15) is 18.0 Å². The van der Waals surface area contributed by atoms with E-state index in [2.05, 4.69) is 18.9 Å². The SMILES string of the molecule is CCCCCCN(C)c1ccc(/C=C2\SC(=S)N(CCS(=O)(=O)N(C)C(C)=O)C2=O)cc1. The molecular weight excluding hydrogens is 466 g/mol. The standard InChI is InChI=1S/C22H31N3O4S3/c1-5-6-7-8-13-23(3)19-11-9-18(10-12-19)16-20-21(27)25(22(30)31-20)14-15-32(28,29)24(4)17(2)26/h9-12,16H,5-8,13-15H2,1-4H3/b20-16-. The van der Waals surface area contributed by atoms with Crippen LogP contribution < -0.4 is 4.90 Å². The van der Waals surface area contributed by atoms with Crippen molar-refractivity contribution in [3.05, 3.63) is 34.7 Å². The van der Waals surface area contributed by atoms with Crippen LogP contribution in [0, 0.1) is 0 Å². The molecule has 7 nitrogen and oxygen atoms in total. The lowest BCUT2D eigenvalue weighted by Gasteiger charge is -2.19. The van der Waals surface area contributed by atoms with E-state index in [1.54, 1.807) is 6.08 Å². The molecule has 32 heavy (non-hydrogen) atoms. The van der Waals surface area contributed by atoms with Crippen LogP contribution in [0.1, 0.15) is 45.1 Å². The number of rotatable bonds is 11. The van der Waals surface area contributed by atoms with Gasteiger partial charge in [0, 0.05) is 39.8 Å². The quantitative estimate of drug-likeness (QED) is 0.262.